The van der Waals surface area contributed by atoms with Gasteiger partial charge in [-0.2, -0.15) is 0 Å². The number of esters is 1. The molecule has 5 heterocycles. The van der Waals surface area contributed by atoms with Crippen LogP contribution in [-0.2, 0) is 67.1 Å². The van der Waals surface area contributed by atoms with Crippen LogP contribution in [0.5, 0.6) is 5.75 Å². The number of thiophene rings is 1. The van der Waals surface area contributed by atoms with Gasteiger partial charge in [0.1, 0.15) is 18.2 Å². The van der Waals surface area contributed by atoms with Gasteiger partial charge in [0.05, 0.1) is 40.5 Å². The Morgan fingerprint density at radius 2 is 1.04 bits per heavy atom. The summed E-state index contributed by atoms with van der Waals surface area (Å²) in [7, 11) is 1.39. The van der Waals surface area contributed by atoms with Gasteiger partial charge in [0, 0.05) is 70.4 Å². The average molecular weight is 1510 g/mol. The molecular formula is C102H84ClN5O4S. The van der Waals surface area contributed by atoms with Crippen molar-refractivity contribution < 1.29 is 14.3 Å². The molecule has 2 atom stereocenters. The van der Waals surface area contributed by atoms with Crippen LogP contribution in [0, 0.1) is 19.3 Å². The van der Waals surface area contributed by atoms with E-state index in [9.17, 15) is 4.79 Å². The number of hydrogen-bond acceptors (Lipinski definition) is 9. The summed E-state index contributed by atoms with van der Waals surface area (Å²) in [5.41, 5.74) is 38.7. The zero-order chi connectivity index (χ0) is 75.6. The summed E-state index contributed by atoms with van der Waals surface area (Å²) in [4.78, 5) is 44.5. The molecular weight excluding hydrogens is 1430 g/mol. The summed E-state index contributed by atoms with van der Waals surface area (Å²) < 4.78 is 14.6. The van der Waals surface area contributed by atoms with E-state index in [0.717, 1.165) is 123 Å². The number of aryl methyl sites for hydroxylation is 3. The Balaban J connectivity index is 0.696. The molecule has 9 nitrogen and oxygen atoms in total. The number of carbonyl (C=O) groups is 1. The summed E-state index contributed by atoms with van der Waals surface area (Å²) in [6.07, 6.45) is 8.63. The Labute approximate surface area is 668 Å². The van der Waals surface area contributed by atoms with Crippen molar-refractivity contribution in [3.05, 3.63) is 369 Å². The van der Waals surface area contributed by atoms with Gasteiger partial charge in [-0.1, -0.05) is 224 Å². The van der Waals surface area contributed by atoms with Gasteiger partial charge >= 0.3 is 5.97 Å². The minimum atomic E-state index is -0.701. The third kappa shape index (κ3) is 10.8. The van der Waals surface area contributed by atoms with Crippen LogP contribution in [0.25, 0.3) is 77.0 Å². The number of piperidine rings is 1. The molecule has 2 aliphatic heterocycles. The molecule has 554 valence electrons. The van der Waals surface area contributed by atoms with Crippen molar-refractivity contribution in [3.8, 4) is 72.5 Å². The van der Waals surface area contributed by atoms with Gasteiger partial charge in [-0.05, 0) is 253 Å². The fraction of sp³-hybridized carbons (Fsp3) is 0.235. The number of ether oxygens (including phenoxy) is 2. The maximum atomic E-state index is 15.6. The zero-order valence-electron chi connectivity index (χ0n) is 63.8. The highest BCUT2D eigenvalue weighted by Gasteiger charge is 2.57. The molecule has 8 aliphatic rings. The maximum absolute atomic E-state index is 15.6. The third-order valence-corrected chi connectivity index (χ3v) is 28.6. The molecule has 11 aromatic carbocycles. The van der Waals surface area contributed by atoms with Gasteiger partial charge in [0.25, 0.3) is 5.56 Å². The Morgan fingerprint density at radius 3 is 1.57 bits per heavy atom. The Kier molecular flexibility index (Phi) is 16.1. The number of methoxy groups -OCH3 is 1. The highest BCUT2D eigenvalue weighted by Crippen LogP contribution is 2.60. The first kappa shape index (κ1) is 68.7. The number of nitrogens with zero attached hydrogens (tertiary/aromatic N) is 5. The predicted molar refractivity (Wildman–Crippen MR) is 454 cm³/mol. The maximum Gasteiger partial charge on any atom is 0.340 e. The van der Waals surface area contributed by atoms with Crippen molar-refractivity contribution in [2.45, 2.75) is 101 Å². The highest BCUT2D eigenvalue weighted by atomic mass is 35.5. The fourth-order valence-electron chi connectivity index (χ4n) is 22.8. The molecule has 22 rings (SSSR count). The fourth-order valence-corrected chi connectivity index (χ4v) is 24.0. The number of halogens is 1. The second-order valence-corrected chi connectivity index (χ2v) is 34.7. The molecule has 0 saturated carbocycles. The SMILES string of the molecule is COC(=O)c1csc2c(-c3cc(Cl)ccc3OCCn3c(C)nc4c(c3=O)CC(N3CCC5(CN(CC(c6cccc7c6Cc6ccccc6-7)(c6cccc7c6Cc6ccccc6-7)c6cccc7c6Cc6ccccc6-7)CC(c6cccc7c6Cc6ccccc6-7)(c6cccc7c6Cc6ccccc6-7)C5)C3)CC4)cc(C)nc12. The third-order valence-electron chi connectivity index (χ3n) is 27.4. The molecule has 0 bridgehead atoms. The number of carbonyl (C=O) groups excluding carboxylic acids is 1. The summed E-state index contributed by atoms with van der Waals surface area (Å²) in [6.45, 7) is 8.69. The number of hydrogen-bond donors (Lipinski definition) is 0. The lowest BCUT2D eigenvalue weighted by molar-refractivity contribution is 0.0360. The van der Waals surface area contributed by atoms with Crippen molar-refractivity contribution in [3.63, 3.8) is 0 Å². The summed E-state index contributed by atoms with van der Waals surface area (Å²) in [5, 5.41) is 2.35. The molecule has 6 aliphatic carbocycles. The van der Waals surface area contributed by atoms with Gasteiger partial charge in [-0.25, -0.2) is 9.78 Å². The van der Waals surface area contributed by atoms with Crippen molar-refractivity contribution >= 4 is 39.1 Å². The molecule has 2 fully saturated rings. The molecule has 1 spiro atoms. The van der Waals surface area contributed by atoms with E-state index in [2.05, 4.69) is 222 Å². The summed E-state index contributed by atoms with van der Waals surface area (Å²) in [6, 6.07) is 90.9. The van der Waals surface area contributed by atoms with Crippen LogP contribution < -0.4 is 10.3 Å². The van der Waals surface area contributed by atoms with Crippen molar-refractivity contribution in [2.24, 2.45) is 5.41 Å². The standard InChI is InChI=1S/C102H84ClN5O4S/c1-61-47-86(97-96(104-61)88(55-113-97)99(110)111-3)85-53-68(103)39-42-95(85)112-46-45-108-62(2)105-94-41-40-69(54-87(94)98(108)109)107-44-43-100(58-107)56-101(89-34-14-29-75-70-24-9-4-19-63(70)48-80(75)89,90-35-15-30-76-71-25-10-5-20-64(71)49-81(76)90)59-106(57-100)60-102(91-36-16-31-77-72-26-11-6-21-65(72)50-82(77)91,92-37-17-32-78-73-27-12-7-22-66(73)51-83(78)92)93-38-18-33-79-74-28-13-8-23-67(74)52-84(79)93/h4-39,42,47,53,55,69H,40-41,43-46,48-52,54,56-60H2,1-3H3. The first-order chi connectivity index (χ1) is 55.4. The highest BCUT2D eigenvalue weighted by molar-refractivity contribution is 7.18. The lowest BCUT2D eigenvalue weighted by atomic mass is 9.58. The van der Waals surface area contributed by atoms with E-state index in [1.807, 2.05) is 42.7 Å². The molecule has 11 heteroatoms. The summed E-state index contributed by atoms with van der Waals surface area (Å²) >= 11 is 8.22. The van der Waals surface area contributed by atoms with Gasteiger partial charge in [0.2, 0.25) is 0 Å². The molecule has 14 aromatic rings. The van der Waals surface area contributed by atoms with Crippen LogP contribution in [0.4, 0.5) is 0 Å². The normalized spacial score (nSPS) is 17.7. The van der Waals surface area contributed by atoms with E-state index in [4.69, 9.17) is 31.0 Å². The molecule has 0 radical (unpaired) electrons. The second kappa shape index (κ2) is 26.5. The van der Waals surface area contributed by atoms with E-state index in [0.29, 0.717) is 40.6 Å². The minimum Gasteiger partial charge on any atom is -0.491 e. The lowest BCUT2D eigenvalue weighted by Gasteiger charge is -2.55. The molecule has 0 N–H and O–H groups in total. The van der Waals surface area contributed by atoms with E-state index in [1.54, 1.807) is 5.38 Å². The van der Waals surface area contributed by atoms with Crippen LogP contribution in [-0.4, -0.2) is 82.8 Å². The van der Waals surface area contributed by atoms with Gasteiger partial charge in [-0.3, -0.25) is 24.1 Å². The number of likely N-dealkylation sites (tertiary alicyclic amines) is 2. The van der Waals surface area contributed by atoms with Crippen LogP contribution >= 0.6 is 22.9 Å². The average Bonchev–Trinajstić information content (AvgIpc) is 1.66. The van der Waals surface area contributed by atoms with Crippen molar-refractivity contribution in [2.75, 3.05) is 46.4 Å². The molecule has 2 saturated heterocycles. The quantitative estimate of drug-likeness (QED) is 0.0786. The van der Waals surface area contributed by atoms with Gasteiger partial charge in [0.15, 0.2) is 0 Å². The number of pyridine rings is 1. The topological polar surface area (TPSA) is 89.8 Å². The Morgan fingerprint density at radius 1 is 0.540 bits per heavy atom. The van der Waals surface area contributed by atoms with Crippen molar-refractivity contribution in [1.29, 1.82) is 0 Å². The van der Waals surface area contributed by atoms with Crippen LogP contribution in [0.1, 0.15) is 136 Å². The van der Waals surface area contributed by atoms with Gasteiger partial charge in [-0.15, -0.1) is 11.3 Å². The molecule has 2 unspecified atom stereocenters. The van der Waals surface area contributed by atoms with E-state index < -0.39 is 16.8 Å². The minimum absolute atomic E-state index is 0.0185. The van der Waals surface area contributed by atoms with Crippen molar-refractivity contribution in [1.82, 2.24) is 24.3 Å². The van der Waals surface area contributed by atoms with E-state index >= 15 is 4.79 Å². The first-order valence-electron chi connectivity index (χ1n) is 40.4. The largest absolute Gasteiger partial charge is 0.491 e. The monoisotopic (exact) mass is 1510 g/mol. The molecule has 113 heavy (non-hydrogen) atoms. The predicted octanol–water partition coefficient (Wildman–Crippen LogP) is 20.8. The number of rotatable bonds is 14. The first-order valence-corrected chi connectivity index (χ1v) is 41.6. The Bertz CT molecular complexity index is 6110. The number of fused-ring (bicyclic) bond motifs is 17. The van der Waals surface area contributed by atoms with Crippen LogP contribution in [0.15, 0.2) is 247 Å². The second-order valence-electron chi connectivity index (χ2n) is 33.4. The number of benzene rings is 11. The Hall–Kier alpha value is -11.1. The smallest absolute Gasteiger partial charge is 0.340 e. The molecule has 3 aromatic heterocycles. The van der Waals surface area contributed by atoms with Crippen LogP contribution in [0.2, 0.25) is 5.02 Å². The van der Waals surface area contributed by atoms with E-state index in [1.165, 1.54) is 158 Å². The van der Waals surface area contributed by atoms with Crippen LogP contribution in [0.3, 0.4) is 0 Å². The lowest BCUT2D eigenvalue weighted by Crippen LogP contribution is -2.59. The zero-order valence-corrected chi connectivity index (χ0v) is 65.4. The molecule has 0 amide bonds. The van der Waals surface area contributed by atoms with E-state index in [-0.39, 0.29) is 23.6 Å². The summed E-state index contributed by atoms with van der Waals surface area (Å²) in [5.74, 6) is 0.871. The number of aromatic nitrogens is 3. The van der Waals surface area contributed by atoms with Gasteiger partial charge < -0.3 is 9.47 Å².